The summed E-state index contributed by atoms with van der Waals surface area (Å²) in [4.78, 5) is 15.0. The number of ether oxygens (including phenoxy) is 2. The number of hydrogen-bond acceptors (Lipinski definition) is 4. The second-order valence-electron chi connectivity index (χ2n) is 8.25. The highest BCUT2D eigenvalue weighted by molar-refractivity contribution is 5.77. The molecule has 1 amide bonds. The Morgan fingerprint density at radius 1 is 1.00 bits per heavy atom. The van der Waals surface area contributed by atoms with Gasteiger partial charge in [0.05, 0.1) is 13.2 Å². The minimum Gasteiger partial charge on any atom is -0.379 e. The van der Waals surface area contributed by atoms with E-state index in [9.17, 15) is 4.79 Å². The molecule has 0 aliphatic carbocycles. The lowest BCUT2D eigenvalue weighted by Crippen LogP contribution is -2.49. The number of carbonyl (C=O) groups excluding carboxylic acids is 1. The molecule has 2 aromatic carbocycles. The van der Waals surface area contributed by atoms with Gasteiger partial charge in [0.2, 0.25) is 5.91 Å². The largest absolute Gasteiger partial charge is 0.379 e. The van der Waals surface area contributed by atoms with Gasteiger partial charge in [-0.05, 0) is 23.5 Å². The van der Waals surface area contributed by atoms with E-state index in [0.717, 1.165) is 43.9 Å². The monoisotopic (exact) mass is 410 g/mol. The predicted octanol–water partition coefficient (Wildman–Crippen LogP) is 3.66. The van der Waals surface area contributed by atoms with Gasteiger partial charge in [-0.15, -0.1) is 0 Å². The zero-order chi connectivity index (χ0) is 21.2. The van der Waals surface area contributed by atoms with Crippen molar-refractivity contribution < 1.29 is 14.3 Å². The number of rotatable bonds is 10. The summed E-state index contributed by atoms with van der Waals surface area (Å²) in [5.74, 6) is 0.500. The zero-order valence-corrected chi connectivity index (χ0v) is 18.1. The van der Waals surface area contributed by atoms with Crippen molar-refractivity contribution in [3.8, 4) is 0 Å². The van der Waals surface area contributed by atoms with Crippen molar-refractivity contribution in [3.05, 3.63) is 71.8 Å². The Balaban J connectivity index is 1.57. The van der Waals surface area contributed by atoms with Crippen LogP contribution in [0.5, 0.6) is 0 Å². The van der Waals surface area contributed by atoms with Crippen molar-refractivity contribution in [1.82, 2.24) is 10.2 Å². The Bertz CT molecular complexity index is 706. The van der Waals surface area contributed by atoms with E-state index in [1.54, 1.807) is 0 Å². The van der Waals surface area contributed by atoms with Crippen LogP contribution in [0.25, 0.3) is 0 Å². The first kappa shape index (κ1) is 22.5. The number of nitrogens with zero attached hydrogens (tertiary/aromatic N) is 1. The molecule has 5 heteroatoms. The van der Waals surface area contributed by atoms with Crippen LogP contribution in [0.1, 0.15) is 37.5 Å². The molecule has 5 nitrogen and oxygen atoms in total. The lowest BCUT2D eigenvalue weighted by Gasteiger charge is -2.35. The quantitative estimate of drug-likeness (QED) is 0.650. The van der Waals surface area contributed by atoms with Gasteiger partial charge in [0, 0.05) is 25.7 Å². The van der Waals surface area contributed by atoms with Crippen LogP contribution in [0.3, 0.4) is 0 Å². The van der Waals surface area contributed by atoms with Gasteiger partial charge in [-0.25, -0.2) is 0 Å². The minimum absolute atomic E-state index is 0.0337. The highest BCUT2D eigenvalue weighted by atomic mass is 16.5. The maximum absolute atomic E-state index is 12.6. The van der Waals surface area contributed by atoms with Gasteiger partial charge < -0.3 is 14.8 Å². The number of benzene rings is 2. The Morgan fingerprint density at radius 2 is 1.57 bits per heavy atom. The SMILES string of the molecule is CC(C)C[C@@H](CNC(=O)COC(c1ccccc1)c1ccccc1)N1CCOCC1. The van der Waals surface area contributed by atoms with Crippen molar-refractivity contribution >= 4 is 5.91 Å². The van der Waals surface area contributed by atoms with E-state index in [-0.39, 0.29) is 18.6 Å². The van der Waals surface area contributed by atoms with Crippen LogP contribution in [0.15, 0.2) is 60.7 Å². The second kappa shape index (κ2) is 11.8. The molecule has 0 spiro atoms. The van der Waals surface area contributed by atoms with Crippen LogP contribution in [0, 0.1) is 5.92 Å². The van der Waals surface area contributed by atoms with E-state index >= 15 is 0 Å². The molecule has 1 heterocycles. The van der Waals surface area contributed by atoms with Crippen molar-refractivity contribution in [2.45, 2.75) is 32.4 Å². The molecule has 2 aromatic rings. The molecule has 30 heavy (non-hydrogen) atoms. The molecule has 0 saturated carbocycles. The third-order valence-electron chi connectivity index (χ3n) is 5.43. The Kier molecular flexibility index (Phi) is 8.87. The molecule has 162 valence electrons. The van der Waals surface area contributed by atoms with Gasteiger partial charge >= 0.3 is 0 Å². The fraction of sp³-hybridized carbons (Fsp3) is 0.480. The molecule has 1 atom stereocenters. The molecule has 1 fully saturated rings. The molecule has 3 rings (SSSR count). The molecule has 0 bridgehead atoms. The van der Waals surface area contributed by atoms with Crippen molar-refractivity contribution in [2.75, 3.05) is 39.5 Å². The highest BCUT2D eigenvalue weighted by Gasteiger charge is 2.23. The second-order valence-corrected chi connectivity index (χ2v) is 8.25. The third kappa shape index (κ3) is 6.94. The van der Waals surface area contributed by atoms with Gasteiger partial charge in [-0.1, -0.05) is 74.5 Å². The first-order chi connectivity index (χ1) is 14.6. The summed E-state index contributed by atoms with van der Waals surface area (Å²) >= 11 is 0. The van der Waals surface area contributed by atoms with Crippen LogP contribution in [-0.2, 0) is 14.3 Å². The summed E-state index contributed by atoms with van der Waals surface area (Å²) in [7, 11) is 0. The summed E-state index contributed by atoms with van der Waals surface area (Å²) in [5, 5.41) is 3.10. The van der Waals surface area contributed by atoms with E-state index in [0.29, 0.717) is 18.5 Å². The Hall–Kier alpha value is -2.21. The molecule has 1 saturated heterocycles. The molecule has 1 aliphatic rings. The zero-order valence-electron chi connectivity index (χ0n) is 18.1. The van der Waals surface area contributed by atoms with Gasteiger partial charge in [0.1, 0.15) is 12.7 Å². The number of carbonyl (C=O) groups is 1. The van der Waals surface area contributed by atoms with Crippen LogP contribution in [0.4, 0.5) is 0 Å². The maximum Gasteiger partial charge on any atom is 0.246 e. The van der Waals surface area contributed by atoms with E-state index in [4.69, 9.17) is 9.47 Å². The fourth-order valence-corrected chi connectivity index (χ4v) is 3.93. The third-order valence-corrected chi connectivity index (χ3v) is 5.43. The molecule has 1 aliphatic heterocycles. The number of amides is 1. The normalized spacial score (nSPS) is 16.0. The Morgan fingerprint density at radius 3 is 2.10 bits per heavy atom. The fourth-order valence-electron chi connectivity index (χ4n) is 3.93. The lowest BCUT2D eigenvalue weighted by atomic mass is 10.0. The summed E-state index contributed by atoms with van der Waals surface area (Å²) in [6.45, 7) is 8.50. The van der Waals surface area contributed by atoms with Gasteiger partial charge in [0.15, 0.2) is 0 Å². The summed E-state index contributed by atoms with van der Waals surface area (Å²) < 4.78 is 11.6. The van der Waals surface area contributed by atoms with Crippen LogP contribution < -0.4 is 5.32 Å². The number of nitrogens with one attached hydrogen (secondary N) is 1. The van der Waals surface area contributed by atoms with Crippen LogP contribution >= 0.6 is 0 Å². The Labute approximate surface area is 180 Å². The molecule has 0 radical (unpaired) electrons. The average molecular weight is 411 g/mol. The lowest BCUT2D eigenvalue weighted by molar-refractivity contribution is -0.127. The molecule has 1 N–H and O–H groups in total. The number of hydrogen-bond donors (Lipinski definition) is 1. The topological polar surface area (TPSA) is 50.8 Å². The molecule has 0 unspecified atom stereocenters. The smallest absolute Gasteiger partial charge is 0.246 e. The summed E-state index contributed by atoms with van der Waals surface area (Å²) in [6.07, 6.45) is 0.793. The van der Waals surface area contributed by atoms with Gasteiger partial charge in [-0.3, -0.25) is 9.69 Å². The van der Waals surface area contributed by atoms with Crippen LogP contribution in [-0.4, -0.2) is 56.3 Å². The van der Waals surface area contributed by atoms with Crippen LogP contribution in [0.2, 0.25) is 0 Å². The van der Waals surface area contributed by atoms with E-state index in [2.05, 4.69) is 24.1 Å². The standard InChI is InChI=1S/C25H34N2O3/c1-20(2)17-23(27-13-15-29-16-14-27)18-26-24(28)19-30-25(21-9-5-3-6-10-21)22-11-7-4-8-12-22/h3-12,20,23,25H,13-19H2,1-2H3,(H,26,28)/t23-/m0/s1. The van der Waals surface area contributed by atoms with E-state index < -0.39 is 0 Å². The first-order valence-electron chi connectivity index (χ1n) is 10.9. The molecular formula is C25H34N2O3. The predicted molar refractivity (Wildman–Crippen MR) is 119 cm³/mol. The highest BCUT2D eigenvalue weighted by Crippen LogP contribution is 2.25. The van der Waals surface area contributed by atoms with E-state index in [1.807, 2.05) is 60.7 Å². The number of morpholine rings is 1. The minimum atomic E-state index is -0.260. The van der Waals surface area contributed by atoms with Gasteiger partial charge in [0.25, 0.3) is 0 Å². The first-order valence-corrected chi connectivity index (χ1v) is 10.9. The van der Waals surface area contributed by atoms with Crippen molar-refractivity contribution in [2.24, 2.45) is 5.92 Å². The van der Waals surface area contributed by atoms with Gasteiger partial charge in [-0.2, -0.15) is 0 Å². The average Bonchev–Trinajstić information content (AvgIpc) is 2.78. The van der Waals surface area contributed by atoms with Crippen molar-refractivity contribution in [3.63, 3.8) is 0 Å². The van der Waals surface area contributed by atoms with Crippen molar-refractivity contribution in [1.29, 1.82) is 0 Å². The summed E-state index contributed by atoms with van der Waals surface area (Å²) in [5.41, 5.74) is 2.09. The molecule has 0 aromatic heterocycles. The van der Waals surface area contributed by atoms with E-state index in [1.165, 1.54) is 0 Å². The summed E-state index contributed by atoms with van der Waals surface area (Å²) in [6, 6.07) is 20.4. The maximum atomic E-state index is 12.6. The molecular weight excluding hydrogens is 376 g/mol.